The van der Waals surface area contributed by atoms with Gasteiger partial charge in [0.1, 0.15) is 11.5 Å². The van der Waals surface area contributed by atoms with Gasteiger partial charge in [0.05, 0.1) is 6.04 Å². The molecule has 1 aliphatic rings. The van der Waals surface area contributed by atoms with Crippen molar-refractivity contribution in [1.82, 2.24) is 0 Å². The average Bonchev–Trinajstić information content (AvgIpc) is 2.81. The van der Waals surface area contributed by atoms with Crippen LogP contribution in [0.4, 0.5) is 0 Å². The Morgan fingerprint density at radius 1 is 1.54 bits per heavy atom. The van der Waals surface area contributed by atoms with E-state index in [1.165, 1.54) is 18.4 Å². The fourth-order valence-electron chi connectivity index (χ4n) is 1.61. The summed E-state index contributed by atoms with van der Waals surface area (Å²) < 4.78 is 5.58. The van der Waals surface area contributed by atoms with Crippen molar-refractivity contribution in [3.63, 3.8) is 0 Å². The topological polar surface area (TPSA) is 39.2 Å². The van der Waals surface area contributed by atoms with Crippen molar-refractivity contribution in [1.29, 1.82) is 0 Å². The lowest BCUT2D eigenvalue weighted by Crippen LogP contribution is -2.09. The Morgan fingerprint density at radius 2 is 2.23 bits per heavy atom. The molecule has 1 aliphatic carbocycles. The van der Waals surface area contributed by atoms with Crippen LogP contribution in [0.15, 0.2) is 10.5 Å². The zero-order valence-electron chi connectivity index (χ0n) is 8.34. The molecule has 1 heterocycles. The first-order valence-electron chi connectivity index (χ1n) is 4.99. The SMILES string of the molecule is Cc1cc(C(N)CC2CC2)oc1C. The van der Waals surface area contributed by atoms with Crippen molar-refractivity contribution in [2.45, 2.75) is 39.2 Å². The van der Waals surface area contributed by atoms with Crippen molar-refractivity contribution in [3.8, 4) is 0 Å². The van der Waals surface area contributed by atoms with Gasteiger partial charge in [0.2, 0.25) is 0 Å². The Bertz CT molecular complexity index is 280. The minimum Gasteiger partial charge on any atom is -0.464 e. The highest BCUT2D eigenvalue weighted by atomic mass is 16.3. The third kappa shape index (κ3) is 1.94. The zero-order chi connectivity index (χ0) is 9.42. The van der Waals surface area contributed by atoms with Crippen molar-refractivity contribution >= 4 is 0 Å². The van der Waals surface area contributed by atoms with E-state index in [4.69, 9.17) is 10.2 Å². The van der Waals surface area contributed by atoms with Gasteiger partial charge in [-0.3, -0.25) is 0 Å². The van der Waals surface area contributed by atoms with Crippen LogP contribution in [-0.2, 0) is 0 Å². The molecule has 1 aromatic rings. The summed E-state index contributed by atoms with van der Waals surface area (Å²) in [5.74, 6) is 2.82. The summed E-state index contributed by atoms with van der Waals surface area (Å²) in [6, 6.07) is 2.18. The summed E-state index contributed by atoms with van der Waals surface area (Å²) in [4.78, 5) is 0. The normalized spacial score (nSPS) is 19.0. The summed E-state index contributed by atoms with van der Waals surface area (Å²) in [6.45, 7) is 4.05. The molecule has 72 valence electrons. The Labute approximate surface area is 79.1 Å². The Kier molecular flexibility index (Phi) is 2.16. The first-order chi connectivity index (χ1) is 6.16. The quantitative estimate of drug-likeness (QED) is 0.774. The second-order valence-corrected chi connectivity index (χ2v) is 4.17. The van der Waals surface area contributed by atoms with Gasteiger partial charge in [0, 0.05) is 0 Å². The first-order valence-corrected chi connectivity index (χ1v) is 4.99. The number of nitrogens with two attached hydrogens (primary N) is 1. The molecule has 1 aromatic heterocycles. The third-order valence-electron chi connectivity index (χ3n) is 2.83. The molecule has 0 amide bonds. The summed E-state index contributed by atoms with van der Waals surface area (Å²) in [7, 11) is 0. The number of hydrogen-bond donors (Lipinski definition) is 1. The van der Waals surface area contributed by atoms with Gasteiger partial charge in [-0.15, -0.1) is 0 Å². The van der Waals surface area contributed by atoms with Crippen molar-refractivity contribution < 1.29 is 4.42 Å². The monoisotopic (exact) mass is 179 g/mol. The molecule has 0 aromatic carbocycles. The van der Waals surface area contributed by atoms with Crippen LogP contribution in [-0.4, -0.2) is 0 Å². The van der Waals surface area contributed by atoms with Gasteiger partial charge >= 0.3 is 0 Å². The second kappa shape index (κ2) is 3.18. The van der Waals surface area contributed by atoms with Crippen LogP contribution >= 0.6 is 0 Å². The summed E-state index contributed by atoms with van der Waals surface area (Å²) >= 11 is 0. The van der Waals surface area contributed by atoms with Crippen molar-refractivity contribution in [3.05, 3.63) is 23.2 Å². The standard InChI is InChI=1S/C11H17NO/c1-7-5-11(13-8(7)2)10(12)6-9-3-4-9/h5,9-10H,3-4,6,12H2,1-2H3. The molecule has 0 radical (unpaired) electrons. The van der Waals surface area contributed by atoms with Gasteiger partial charge in [0.15, 0.2) is 0 Å². The van der Waals surface area contributed by atoms with E-state index < -0.39 is 0 Å². The van der Waals surface area contributed by atoms with Crippen LogP contribution in [0.5, 0.6) is 0 Å². The highest BCUT2D eigenvalue weighted by Gasteiger charge is 2.25. The molecular formula is C11H17NO. The smallest absolute Gasteiger partial charge is 0.121 e. The number of furan rings is 1. The lowest BCUT2D eigenvalue weighted by molar-refractivity contribution is 0.424. The molecule has 2 heteroatoms. The third-order valence-corrected chi connectivity index (χ3v) is 2.83. The van der Waals surface area contributed by atoms with E-state index in [0.29, 0.717) is 0 Å². The van der Waals surface area contributed by atoms with Crippen LogP contribution in [0.25, 0.3) is 0 Å². The molecule has 0 bridgehead atoms. The van der Waals surface area contributed by atoms with E-state index in [1.54, 1.807) is 0 Å². The van der Waals surface area contributed by atoms with Gasteiger partial charge in [-0.2, -0.15) is 0 Å². The van der Waals surface area contributed by atoms with Crippen LogP contribution in [0, 0.1) is 19.8 Å². The van der Waals surface area contributed by atoms with Gasteiger partial charge < -0.3 is 10.2 Å². The molecule has 0 saturated heterocycles. The molecule has 2 N–H and O–H groups in total. The minimum atomic E-state index is 0.111. The van der Waals surface area contributed by atoms with E-state index in [1.807, 2.05) is 6.92 Å². The van der Waals surface area contributed by atoms with E-state index in [-0.39, 0.29) is 6.04 Å². The zero-order valence-corrected chi connectivity index (χ0v) is 8.34. The fraction of sp³-hybridized carbons (Fsp3) is 0.636. The molecule has 0 aliphatic heterocycles. The van der Waals surface area contributed by atoms with Gasteiger partial charge in [-0.25, -0.2) is 0 Å². The highest BCUT2D eigenvalue weighted by molar-refractivity contribution is 5.20. The highest BCUT2D eigenvalue weighted by Crippen LogP contribution is 2.37. The largest absolute Gasteiger partial charge is 0.464 e. The number of rotatable bonds is 3. The molecule has 2 nitrogen and oxygen atoms in total. The lowest BCUT2D eigenvalue weighted by atomic mass is 10.1. The maximum atomic E-state index is 6.02. The number of hydrogen-bond acceptors (Lipinski definition) is 2. The Hall–Kier alpha value is -0.760. The first kappa shape index (κ1) is 8.82. The fourth-order valence-corrected chi connectivity index (χ4v) is 1.61. The predicted octanol–water partition coefficient (Wildman–Crippen LogP) is 2.70. The molecule has 2 rings (SSSR count). The maximum Gasteiger partial charge on any atom is 0.121 e. The van der Waals surface area contributed by atoms with E-state index in [0.717, 1.165) is 23.9 Å². The van der Waals surface area contributed by atoms with Gasteiger partial charge in [0.25, 0.3) is 0 Å². The molecule has 13 heavy (non-hydrogen) atoms. The van der Waals surface area contributed by atoms with E-state index in [2.05, 4.69) is 13.0 Å². The summed E-state index contributed by atoms with van der Waals surface area (Å²) in [5.41, 5.74) is 7.23. The molecule has 1 unspecified atom stereocenters. The van der Waals surface area contributed by atoms with Crippen molar-refractivity contribution in [2.75, 3.05) is 0 Å². The van der Waals surface area contributed by atoms with Crippen LogP contribution in [0.3, 0.4) is 0 Å². The van der Waals surface area contributed by atoms with Crippen LogP contribution < -0.4 is 5.73 Å². The summed E-state index contributed by atoms with van der Waals surface area (Å²) in [6.07, 6.45) is 3.80. The van der Waals surface area contributed by atoms with E-state index in [9.17, 15) is 0 Å². The minimum absolute atomic E-state index is 0.111. The summed E-state index contributed by atoms with van der Waals surface area (Å²) in [5, 5.41) is 0. The van der Waals surface area contributed by atoms with Crippen molar-refractivity contribution in [2.24, 2.45) is 11.7 Å². The average molecular weight is 179 g/mol. The Balaban J connectivity index is 2.05. The predicted molar refractivity (Wildman–Crippen MR) is 52.5 cm³/mol. The molecule has 0 spiro atoms. The molecule has 1 saturated carbocycles. The maximum absolute atomic E-state index is 6.02. The van der Waals surface area contributed by atoms with Crippen LogP contribution in [0.1, 0.15) is 42.4 Å². The second-order valence-electron chi connectivity index (χ2n) is 4.17. The molecule has 1 atom stereocenters. The lowest BCUT2D eigenvalue weighted by Gasteiger charge is -2.06. The molecular weight excluding hydrogens is 162 g/mol. The van der Waals surface area contributed by atoms with Crippen LogP contribution in [0.2, 0.25) is 0 Å². The Morgan fingerprint density at radius 3 is 2.69 bits per heavy atom. The van der Waals surface area contributed by atoms with Gasteiger partial charge in [-0.1, -0.05) is 12.8 Å². The van der Waals surface area contributed by atoms with Gasteiger partial charge in [-0.05, 0) is 37.8 Å². The molecule has 1 fully saturated rings. The van der Waals surface area contributed by atoms with E-state index >= 15 is 0 Å². The number of aryl methyl sites for hydroxylation is 2.